The molecule has 0 radical (unpaired) electrons. The molecule has 0 amide bonds. The molecule has 0 atom stereocenters. The van der Waals surface area contributed by atoms with Crippen LogP contribution in [0.3, 0.4) is 0 Å². The monoisotopic (exact) mass is 156 g/mol. The molecule has 5 heteroatoms. The molecule has 2 N–H and O–H groups in total. The molecule has 1 rings (SSSR count). The summed E-state index contributed by atoms with van der Waals surface area (Å²) in [6, 6.07) is 0. The second kappa shape index (κ2) is 2.26. The van der Waals surface area contributed by atoms with Crippen molar-refractivity contribution in [3.63, 3.8) is 0 Å². The highest BCUT2D eigenvalue weighted by Crippen LogP contribution is 1.92. The van der Waals surface area contributed by atoms with Crippen LogP contribution < -0.4 is 11.2 Å². The van der Waals surface area contributed by atoms with Gasteiger partial charge >= 0.3 is 5.69 Å². The summed E-state index contributed by atoms with van der Waals surface area (Å²) in [4.78, 5) is 23.5. The zero-order chi connectivity index (χ0) is 8.59. The SMILES string of the molecule is Cc1c(C)n(O)c(=O)[nH]c1=O. The zero-order valence-electron chi connectivity index (χ0n) is 6.21. The molecule has 11 heavy (non-hydrogen) atoms. The van der Waals surface area contributed by atoms with Crippen LogP contribution in [0.4, 0.5) is 0 Å². The van der Waals surface area contributed by atoms with E-state index >= 15 is 0 Å². The van der Waals surface area contributed by atoms with E-state index in [1.807, 2.05) is 4.98 Å². The summed E-state index contributed by atoms with van der Waals surface area (Å²) in [6.07, 6.45) is 0. The van der Waals surface area contributed by atoms with Crippen LogP contribution in [0, 0.1) is 13.8 Å². The van der Waals surface area contributed by atoms with Crippen LogP contribution in [0.2, 0.25) is 0 Å². The predicted molar refractivity (Wildman–Crippen MR) is 38.0 cm³/mol. The second-order valence-corrected chi connectivity index (χ2v) is 2.28. The average molecular weight is 156 g/mol. The molecule has 0 bridgehead atoms. The summed E-state index contributed by atoms with van der Waals surface area (Å²) >= 11 is 0. The van der Waals surface area contributed by atoms with Gasteiger partial charge in [0, 0.05) is 5.56 Å². The van der Waals surface area contributed by atoms with Gasteiger partial charge in [-0.3, -0.25) is 9.78 Å². The quantitative estimate of drug-likeness (QED) is 0.492. The molecule has 0 aliphatic heterocycles. The van der Waals surface area contributed by atoms with Crippen LogP contribution in [0.25, 0.3) is 0 Å². The maximum atomic E-state index is 10.8. The van der Waals surface area contributed by atoms with E-state index in [0.717, 1.165) is 0 Å². The summed E-state index contributed by atoms with van der Waals surface area (Å²) in [5.41, 5.74) is -0.665. The Morgan fingerprint density at radius 1 is 1.36 bits per heavy atom. The minimum absolute atomic E-state index is 0.263. The summed E-state index contributed by atoms with van der Waals surface area (Å²) < 4.78 is 0.413. The van der Waals surface area contributed by atoms with Crippen LogP contribution in [-0.2, 0) is 0 Å². The first-order chi connectivity index (χ1) is 5.04. The lowest BCUT2D eigenvalue weighted by molar-refractivity contribution is 0.162. The van der Waals surface area contributed by atoms with E-state index in [-0.39, 0.29) is 5.69 Å². The minimum Gasteiger partial charge on any atom is -0.424 e. The van der Waals surface area contributed by atoms with E-state index in [9.17, 15) is 9.59 Å². The van der Waals surface area contributed by atoms with E-state index in [2.05, 4.69) is 0 Å². The predicted octanol–water partition coefficient (Wildman–Crippen LogP) is -0.609. The first kappa shape index (κ1) is 7.59. The van der Waals surface area contributed by atoms with Crippen molar-refractivity contribution in [2.45, 2.75) is 13.8 Å². The Morgan fingerprint density at radius 2 is 1.91 bits per heavy atom. The number of hydrogen-bond donors (Lipinski definition) is 2. The van der Waals surface area contributed by atoms with Gasteiger partial charge in [0.1, 0.15) is 0 Å². The molecule has 1 heterocycles. The fourth-order valence-electron chi connectivity index (χ4n) is 0.719. The normalized spacial score (nSPS) is 10.0. The van der Waals surface area contributed by atoms with Crippen molar-refractivity contribution in [2.24, 2.45) is 0 Å². The zero-order valence-corrected chi connectivity index (χ0v) is 6.21. The van der Waals surface area contributed by atoms with Crippen LogP contribution >= 0.6 is 0 Å². The van der Waals surface area contributed by atoms with E-state index in [4.69, 9.17) is 5.21 Å². The summed E-state index contributed by atoms with van der Waals surface area (Å²) in [5.74, 6) is 0. The standard InChI is InChI=1S/C6H8N2O3/c1-3-4(2)8(11)6(10)7-5(3)9/h11H,1-2H3,(H,7,9,10). The smallest absolute Gasteiger partial charge is 0.361 e. The van der Waals surface area contributed by atoms with E-state index in [0.29, 0.717) is 10.3 Å². The van der Waals surface area contributed by atoms with Gasteiger partial charge in [-0.1, -0.05) is 0 Å². The Morgan fingerprint density at radius 3 is 2.45 bits per heavy atom. The lowest BCUT2D eigenvalue weighted by Crippen LogP contribution is -2.32. The molecule has 0 saturated carbocycles. The minimum atomic E-state index is -0.807. The Labute approximate surface area is 61.9 Å². The van der Waals surface area contributed by atoms with E-state index in [1.165, 1.54) is 13.8 Å². The van der Waals surface area contributed by atoms with Crippen molar-refractivity contribution in [1.82, 2.24) is 9.71 Å². The second-order valence-electron chi connectivity index (χ2n) is 2.28. The van der Waals surface area contributed by atoms with Crippen molar-refractivity contribution in [2.75, 3.05) is 0 Å². The third-order valence-electron chi connectivity index (χ3n) is 1.61. The molecule has 0 aromatic carbocycles. The van der Waals surface area contributed by atoms with Gasteiger partial charge in [0.25, 0.3) is 5.56 Å². The highest BCUT2D eigenvalue weighted by Gasteiger charge is 2.04. The Kier molecular flexibility index (Phi) is 1.56. The first-order valence-electron chi connectivity index (χ1n) is 3.06. The molecule has 0 fully saturated rings. The van der Waals surface area contributed by atoms with Gasteiger partial charge in [0.05, 0.1) is 5.69 Å². The van der Waals surface area contributed by atoms with Crippen molar-refractivity contribution in [3.05, 3.63) is 32.1 Å². The Bertz CT molecular complexity index is 354. The number of nitrogens with zero attached hydrogens (tertiary/aromatic N) is 1. The highest BCUT2D eigenvalue weighted by atomic mass is 16.5. The fraction of sp³-hybridized carbons (Fsp3) is 0.333. The number of aromatic amines is 1. The molecule has 0 saturated heterocycles. The number of rotatable bonds is 0. The molecular formula is C6H8N2O3. The third-order valence-corrected chi connectivity index (χ3v) is 1.61. The van der Waals surface area contributed by atoms with Crippen molar-refractivity contribution in [3.8, 4) is 0 Å². The summed E-state index contributed by atoms with van der Waals surface area (Å²) in [7, 11) is 0. The molecule has 5 nitrogen and oxygen atoms in total. The van der Waals surface area contributed by atoms with E-state index in [1.54, 1.807) is 0 Å². The molecule has 1 aromatic rings. The fourth-order valence-corrected chi connectivity index (χ4v) is 0.719. The molecule has 0 unspecified atom stereocenters. The lowest BCUT2D eigenvalue weighted by Gasteiger charge is -2.01. The number of H-pyrrole nitrogens is 1. The van der Waals surface area contributed by atoms with Gasteiger partial charge in [0.15, 0.2) is 0 Å². The first-order valence-corrected chi connectivity index (χ1v) is 3.06. The Balaban J connectivity index is 3.73. The van der Waals surface area contributed by atoms with Gasteiger partial charge in [-0.25, -0.2) is 4.79 Å². The average Bonchev–Trinajstić information content (AvgIpc) is 1.97. The van der Waals surface area contributed by atoms with Crippen LogP contribution in [0.1, 0.15) is 11.3 Å². The maximum absolute atomic E-state index is 10.8. The Hall–Kier alpha value is -1.52. The molecular weight excluding hydrogens is 148 g/mol. The third kappa shape index (κ3) is 1.04. The summed E-state index contributed by atoms with van der Waals surface area (Å²) in [5, 5.41) is 8.95. The molecule has 0 aliphatic carbocycles. The van der Waals surface area contributed by atoms with Gasteiger partial charge in [-0.15, -0.1) is 4.73 Å². The molecule has 60 valence electrons. The maximum Gasteiger partial charge on any atom is 0.361 e. The molecule has 0 aliphatic rings. The van der Waals surface area contributed by atoms with Gasteiger partial charge in [-0.05, 0) is 13.8 Å². The largest absolute Gasteiger partial charge is 0.424 e. The van der Waals surface area contributed by atoms with Crippen molar-refractivity contribution >= 4 is 0 Å². The van der Waals surface area contributed by atoms with Gasteiger partial charge in [0.2, 0.25) is 0 Å². The topological polar surface area (TPSA) is 75.1 Å². The van der Waals surface area contributed by atoms with Gasteiger partial charge < -0.3 is 5.21 Å². The van der Waals surface area contributed by atoms with E-state index < -0.39 is 11.2 Å². The summed E-state index contributed by atoms with van der Waals surface area (Å²) in [6.45, 7) is 3.02. The highest BCUT2D eigenvalue weighted by molar-refractivity contribution is 5.12. The lowest BCUT2D eigenvalue weighted by atomic mass is 10.3. The molecule has 0 spiro atoms. The van der Waals surface area contributed by atoms with Crippen molar-refractivity contribution < 1.29 is 5.21 Å². The van der Waals surface area contributed by atoms with Crippen molar-refractivity contribution in [1.29, 1.82) is 0 Å². The van der Waals surface area contributed by atoms with Crippen LogP contribution in [-0.4, -0.2) is 14.9 Å². The number of aromatic nitrogens is 2. The van der Waals surface area contributed by atoms with Crippen LogP contribution in [0.5, 0.6) is 0 Å². The number of nitrogens with one attached hydrogen (secondary N) is 1. The van der Waals surface area contributed by atoms with Crippen LogP contribution in [0.15, 0.2) is 9.59 Å². The molecule has 1 aromatic heterocycles. The van der Waals surface area contributed by atoms with Gasteiger partial charge in [-0.2, -0.15) is 0 Å². The number of hydrogen-bond acceptors (Lipinski definition) is 3.